The lowest BCUT2D eigenvalue weighted by atomic mass is 10.7. The zero-order chi connectivity index (χ0) is 7.68. The van der Waals surface area contributed by atoms with Crippen LogP contribution in [0.15, 0.2) is 17.0 Å². The summed E-state index contributed by atoms with van der Waals surface area (Å²) in [6.07, 6.45) is 1.76. The maximum Gasteiger partial charge on any atom is 0.154 e. The second-order valence-corrected chi connectivity index (χ2v) is 3.67. The Kier molecular flexibility index (Phi) is 1.59. The van der Waals surface area contributed by atoms with E-state index in [1.165, 1.54) is 11.3 Å². The molecule has 0 spiro atoms. The molecule has 3 nitrogen and oxygen atoms in total. The standard InChI is InChI=1S/C6H5N3S2/c7-4-3-11-6(9-4)5-8-1-2-10-5/h1-3H,7H2. The van der Waals surface area contributed by atoms with Gasteiger partial charge in [0.05, 0.1) is 0 Å². The minimum absolute atomic E-state index is 0.570. The predicted octanol–water partition coefficient (Wildman–Crippen LogP) is 1.85. The normalized spacial score (nSPS) is 10.2. The summed E-state index contributed by atoms with van der Waals surface area (Å²) in [7, 11) is 0. The van der Waals surface area contributed by atoms with Gasteiger partial charge in [0.1, 0.15) is 5.82 Å². The molecule has 0 aliphatic carbocycles. The van der Waals surface area contributed by atoms with Crippen LogP contribution in [0.1, 0.15) is 0 Å². The topological polar surface area (TPSA) is 51.8 Å². The molecule has 0 aliphatic heterocycles. The van der Waals surface area contributed by atoms with Crippen LogP contribution in [0.3, 0.4) is 0 Å². The zero-order valence-corrected chi connectivity index (χ0v) is 7.15. The molecular formula is C6H5N3S2. The van der Waals surface area contributed by atoms with Crippen molar-refractivity contribution >= 4 is 28.5 Å². The zero-order valence-electron chi connectivity index (χ0n) is 5.52. The molecule has 56 valence electrons. The third-order valence-electron chi connectivity index (χ3n) is 1.14. The first-order valence-electron chi connectivity index (χ1n) is 2.97. The summed E-state index contributed by atoms with van der Waals surface area (Å²) in [6.45, 7) is 0. The molecule has 0 aliphatic rings. The number of hydrogen-bond acceptors (Lipinski definition) is 5. The highest BCUT2D eigenvalue weighted by atomic mass is 32.1. The van der Waals surface area contributed by atoms with Crippen LogP contribution in [0, 0.1) is 0 Å². The molecule has 0 radical (unpaired) electrons. The third-order valence-corrected chi connectivity index (χ3v) is 2.91. The Bertz CT molecular complexity index is 338. The molecule has 0 saturated heterocycles. The molecule has 2 rings (SSSR count). The molecule has 0 saturated carbocycles. The Morgan fingerprint density at radius 1 is 1.27 bits per heavy atom. The van der Waals surface area contributed by atoms with Gasteiger partial charge < -0.3 is 5.73 Å². The highest BCUT2D eigenvalue weighted by Gasteiger charge is 2.03. The van der Waals surface area contributed by atoms with Crippen LogP contribution >= 0.6 is 22.7 Å². The first-order valence-corrected chi connectivity index (χ1v) is 4.73. The fourth-order valence-electron chi connectivity index (χ4n) is 0.713. The Balaban J connectivity index is 2.45. The van der Waals surface area contributed by atoms with Crippen LogP contribution in [0.5, 0.6) is 0 Å². The highest BCUT2D eigenvalue weighted by Crippen LogP contribution is 2.25. The van der Waals surface area contributed by atoms with Gasteiger partial charge in [-0.05, 0) is 0 Å². The van der Waals surface area contributed by atoms with Crippen molar-refractivity contribution in [3.63, 3.8) is 0 Å². The average molecular weight is 183 g/mol. The summed E-state index contributed by atoms with van der Waals surface area (Å²) in [4.78, 5) is 8.21. The van der Waals surface area contributed by atoms with E-state index in [1.807, 2.05) is 10.8 Å². The van der Waals surface area contributed by atoms with Gasteiger partial charge in [-0.3, -0.25) is 0 Å². The Labute approximate surface area is 71.5 Å². The van der Waals surface area contributed by atoms with Gasteiger partial charge in [-0.2, -0.15) is 0 Å². The van der Waals surface area contributed by atoms with E-state index in [-0.39, 0.29) is 0 Å². The average Bonchev–Trinajstić information content (AvgIpc) is 2.55. The quantitative estimate of drug-likeness (QED) is 0.734. The number of rotatable bonds is 1. The van der Waals surface area contributed by atoms with Crippen LogP contribution in [-0.4, -0.2) is 9.97 Å². The van der Waals surface area contributed by atoms with E-state index in [2.05, 4.69) is 9.97 Å². The molecule has 2 aromatic heterocycles. The summed E-state index contributed by atoms with van der Waals surface area (Å²) >= 11 is 3.09. The number of thiazole rings is 2. The fraction of sp³-hybridized carbons (Fsp3) is 0. The molecule has 11 heavy (non-hydrogen) atoms. The first kappa shape index (κ1) is 6.75. The van der Waals surface area contributed by atoms with Gasteiger partial charge in [0.25, 0.3) is 0 Å². The molecule has 0 aromatic carbocycles. The van der Waals surface area contributed by atoms with Crippen molar-refractivity contribution in [2.75, 3.05) is 5.73 Å². The summed E-state index contributed by atoms with van der Waals surface area (Å²) in [5.74, 6) is 0.570. The molecule has 5 heteroatoms. The van der Waals surface area contributed by atoms with Gasteiger partial charge in [0.2, 0.25) is 0 Å². The Morgan fingerprint density at radius 2 is 2.18 bits per heavy atom. The minimum Gasteiger partial charge on any atom is -0.383 e. The van der Waals surface area contributed by atoms with E-state index in [0.29, 0.717) is 5.82 Å². The maximum atomic E-state index is 5.46. The van der Waals surface area contributed by atoms with Gasteiger partial charge in [-0.25, -0.2) is 9.97 Å². The monoisotopic (exact) mass is 183 g/mol. The number of nitrogens with two attached hydrogens (primary N) is 1. The van der Waals surface area contributed by atoms with Crippen molar-refractivity contribution < 1.29 is 0 Å². The number of nitrogens with zero attached hydrogens (tertiary/aromatic N) is 2. The lowest BCUT2D eigenvalue weighted by Gasteiger charge is -1.83. The highest BCUT2D eigenvalue weighted by molar-refractivity contribution is 7.19. The van der Waals surface area contributed by atoms with Gasteiger partial charge in [0.15, 0.2) is 10.0 Å². The molecule has 2 N–H and O–H groups in total. The smallest absolute Gasteiger partial charge is 0.154 e. The van der Waals surface area contributed by atoms with E-state index in [1.54, 1.807) is 17.5 Å². The second kappa shape index (κ2) is 2.60. The van der Waals surface area contributed by atoms with Crippen LogP contribution in [0.25, 0.3) is 10.0 Å². The Hall–Kier alpha value is -0.940. The third kappa shape index (κ3) is 1.24. The van der Waals surface area contributed by atoms with Crippen molar-refractivity contribution in [1.82, 2.24) is 9.97 Å². The molecule has 0 bridgehead atoms. The molecule has 0 fully saturated rings. The van der Waals surface area contributed by atoms with Crippen molar-refractivity contribution in [3.05, 3.63) is 17.0 Å². The fourth-order valence-corrected chi connectivity index (χ4v) is 2.12. The number of anilines is 1. The van der Waals surface area contributed by atoms with Crippen LogP contribution in [-0.2, 0) is 0 Å². The van der Waals surface area contributed by atoms with Crippen molar-refractivity contribution in [3.8, 4) is 10.0 Å². The summed E-state index contributed by atoms with van der Waals surface area (Å²) < 4.78 is 0. The van der Waals surface area contributed by atoms with Crippen molar-refractivity contribution in [1.29, 1.82) is 0 Å². The summed E-state index contributed by atoms with van der Waals surface area (Å²) in [5.41, 5.74) is 5.46. The summed E-state index contributed by atoms with van der Waals surface area (Å²) in [6, 6.07) is 0. The number of hydrogen-bond donors (Lipinski definition) is 1. The molecule has 2 heterocycles. The molecule has 2 aromatic rings. The minimum atomic E-state index is 0.570. The Morgan fingerprint density at radius 3 is 2.73 bits per heavy atom. The largest absolute Gasteiger partial charge is 0.383 e. The van der Waals surface area contributed by atoms with E-state index < -0.39 is 0 Å². The predicted molar refractivity (Wildman–Crippen MR) is 47.6 cm³/mol. The SMILES string of the molecule is Nc1csc(-c2nccs2)n1. The molecule has 0 unspecified atom stereocenters. The summed E-state index contributed by atoms with van der Waals surface area (Å²) in [5, 5.41) is 5.58. The van der Waals surface area contributed by atoms with Crippen LogP contribution < -0.4 is 5.73 Å². The van der Waals surface area contributed by atoms with Crippen LogP contribution in [0.2, 0.25) is 0 Å². The van der Waals surface area contributed by atoms with Gasteiger partial charge >= 0.3 is 0 Å². The molecule has 0 atom stereocenters. The van der Waals surface area contributed by atoms with E-state index in [4.69, 9.17) is 5.73 Å². The van der Waals surface area contributed by atoms with Crippen molar-refractivity contribution in [2.45, 2.75) is 0 Å². The van der Waals surface area contributed by atoms with Crippen LogP contribution in [0.4, 0.5) is 5.82 Å². The molecule has 0 amide bonds. The van der Waals surface area contributed by atoms with E-state index >= 15 is 0 Å². The van der Waals surface area contributed by atoms with E-state index in [0.717, 1.165) is 10.0 Å². The van der Waals surface area contributed by atoms with Gasteiger partial charge in [0, 0.05) is 17.0 Å². The first-order chi connectivity index (χ1) is 5.36. The van der Waals surface area contributed by atoms with E-state index in [9.17, 15) is 0 Å². The second-order valence-electron chi connectivity index (χ2n) is 1.91. The van der Waals surface area contributed by atoms with Crippen molar-refractivity contribution in [2.24, 2.45) is 0 Å². The van der Waals surface area contributed by atoms with Gasteiger partial charge in [-0.15, -0.1) is 22.7 Å². The lowest BCUT2D eigenvalue weighted by molar-refractivity contribution is 1.36. The maximum absolute atomic E-state index is 5.46. The van der Waals surface area contributed by atoms with Gasteiger partial charge in [-0.1, -0.05) is 0 Å². The molecular weight excluding hydrogens is 178 g/mol. The lowest BCUT2D eigenvalue weighted by Crippen LogP contribution is -1.82. The number of nitrogen functional groups attached to an aromatic ring is 1. The number of aromatic nitrogens is 2.